The Labute approximate surface area is 135 Å². The normalized spacial score (nSPS) is 21.6. The highest BCUT2D eigenvalue weighted by Gasteiger charge is 2.39. The van der Waals surface area contributed by atoms with E-state index < -0.39 is 5.92 Å². The van der Waals surface area contributed by atoms with E-state index in [2.05, 4.69) is 6.07 Å². The minimum Gasteiger partial charge on any atom is -0.298 e. The highest BCUT2D eigenvalue weighted by atomic mass is 16.2. The third kappa shape index (κ3) is 3.09. The van der Waals surface area contributed by atoms with Crippen LogP contribution in [0.1, 0.15) is 44.1 Å². The van der Waals surface area contributed by atoms with E-state index in [0.29, 0.717) is 12.8 Å². The van der Waals surface area contributed by atoms with Gasteiger partial charge in [-0.2, -0.15) is 0 Å². The molecule has 0 amide bonds. The van der Waals surface area contributed by atoms with Crippen molar-refractivity contribution in [2.45, 2.75) is 38.5 Å². The zero-order valence-corrected chi connectivity index (χ0v) is 13.2. The molecule has 0 aromatic heterocycles. The summed E-state index contributed by atoms with van der Waals surface area (Å²) in [4.78, 5) is 36.6. The topological polar surface area (TPSA) is 51.2 Å². The molecule has 118 valence electrons. The van der Waals surface area contributed by atoms with Crippen molar-refractivity contribution in [3.63, 3.8) is 0 Å². The third-order valence-corrected chi connectivity index (χ3v) is 4.60. The van der Waals surface area contributed by atoms with Crippen molar-refractivity contribution in [3.8, 4) is 0 Å². The summed E-state index contributed by atoms with van der Waals surface area (Å²) in [7, 11) is 0. The number of Topliss-reactive ketones (excluding diaryl/α,β-unsaturated/α-hetero) is 3. The van der Waals surface area contributed by atoms with Gasteiger partial charge in [-0.15, -0.1) is 0 Å². The van der Waals surface area contributed by atoms with Crippen LogP contribution in [0.2, 0.25) is 0 Å². The number of benzene rings is 2. The number of carbonyl (C=O) groups excluding carboxylic acids is 3. The molecule has 0 unspecified atom stereocenters. The summed E-state index contributed by atoms with van der Waals surface area (Å²) < 4.78 is 0. The number of ketones is 3. The lowest BCUT2D eigenvalue weighted by Gasteiger charge is -2.26. The van der Waals surface area contributed by atoms with Gasteiger partial charge >= 0.3 is 0 Å². The first kappa shape index (κ1) is 15.6. The Morgan fingerprint density at radius 1 is 1.00 bits per heavy atom. The summed E-state index contributed by atoms with van der Waals surface area (Å²) in [5.41, 5.74) is 1.01. The molecule has 2 aromatic rings. The van der Waals surface area contributed by atoms with Crippen LogP contribution in [0, 0.1) is 5.92 Å². The number of hydrogen-bond acceptors (Lipinski definition) is 3. The number of carbonyl (C=O) groups is 3. The molecule has 0 spiro atoms. The molecule has 0 heterocycles. The van der Waals surface area contributed by atoms with Crippen molar-refractivity contribution < 1.29 is 14.4 Å². The molecule has 0 N–H and O–H groups in total. The minimum absolute atomic E-state index is 0.106. The predicted molar refractivity (Wildman–Crippen MR) is 89.3 cm³/mol. The second-order valence-corrected chi connectivity index (χ2v) is 6.29. The first-order valence-electron chi connectivity index (χ1n) is 8.17. The highest BCUT2D eigenvalue weighted by molar-refractivity contribution is 6.21. The molecule has 0 radical (unpaired) electrons. The fraction of sp³-hybridized carbons (Fsp3) is 0.350. The van der Waals surface area contributed by atoms with Crippen LogP contribution in [0.4, 0.5) is 0 Å². The average molecular weight is 308 g/mol. The molecule has 0 aliphatic heterocycles. The van der Waals surface area contributed by atoms with E-state index >= 15 is 0 Å². The van der Waals surface area contributed by atoms with Crippen LogP contribution >= 0.6 is 0 Å². The van der Waals surface area contributed by atoms with E-state index in [-0.39, 0.29) is 36.1 Å². The minimum atomic E-state index is -1.01. The third-order valence-electron chi connectivity index (χ3n) is 4.60. The van der Waals surface area contributed by atoms with E-state index in [1.54, 1.807) is 0 Å². The lowest BCUT2D eigenvalue weighted by atomic mass is 9.74. The Balaban J connectivity index is 1.84. The van der Waals surface area contributed by atoms with Crippen LogP contribution in [0.5, 0.6) is 0 Å². The van der Waals surface area contributed by atoms with E-state index in [0.717, 1.165) is 16.3 Å². The van der Waals surface area contributed by atoms with Crippen LogP contribution in [-0.4, -0.2) is 17.3 Å². The Morgan fingerprint density at radius 3 is 2.30 bits per heavy atom. The maximum absolute atomic E-state index is 12.3. The van der Waals surface area contributed by atoms with Gasteiger partial charge in [0.2, 0.25) is 0 Å². The van der Waals surface area contributed by atoms with Gasteiger partial charge in [0.15, 0.2) is 17.3 Å². The maximum atomic E-state index is 12.3. The second-order valence-electron chi connectivity index (χ2n) is 6.29. The molecule has 1 aliphatic rings. The van der Waals surface area contributed by atoms with Crippen LogP contribution in [-0.2, 0) is 14.4 Å². The van der Waals surface area contributed by atoms with Crippen LogP contribution < -0.4 is 0 Å². The predicted octanol–water partition coefficient (Wildman–Crippen LogP) is 3.84. The highest BCUT2D eigenvalue weighted by Crippen LogP contribution is 2.34. The number of rotatable bonds is 4. The zero-order valence-electron chi connectivity index (χ0n) is 13.2. The molecule has 1 aliphatic carbocycles. The summed E-state index contributed by atoms with van der Waals surface area (Å²) in [5.74, 6) is -1.74. The van der Waals surface area contributed by atoms with Gasteiger partial charge < -0.3 is 0 Å². The monoisotopic (exact) mass is 308 g/mol. The summed E-state index contributed by atoms with van der Waals surface area (Å²) in [6, 6.07) is 14.1. The van der Waals surface area contributed by atoms with Crippen molar-refractivity contribution in [3.05, 3.63) is 48.0 Å². The van der Waals surface area contributed by atoms with Gasteiger partial charge in [-0.3, -0.25) is 14.4 Å². The van der Waals surface area contributed by atoms with E-state index in [9.17, 15) is 14.4 Å². The average Bonchev–Trinajstić information content (AvgIpc) is 2.54. The molecule has 0 saturated heterocycles. The van der Waals surface area contributed by atoms with Crippen molar-refractivity contribution >= 4 is 28.1 Å². The molecule has 23 heavy (non-hydrogen) atoms. The first-order valence-corrected chi connectivity index (χ1v) is 8.17. The number of fused-ring (bicyclic) bond motifs is 1. The standard InChI is InChI=1S/C20H20O3/c1-2-5-17(21)20-18(22)11-16(12-19(20)23)15-9-8-13-6-3-4-7-14(13)10-15/h3-4,6-10,16,20H,2,5,11-12H2,1H3. The van der Waals surface area contributed by atoms with Gasteiger partial charge in [0.1, 0.15) is 5.92 Å². The summed E-state index contributed by atoms with van der Waals surface area (Å²) in [6.07, 6.45) is 1.54. The lowest BCUT2D eigenvalue weighted by Crippen LogP contribution is -2.37. The first-order chi connectivity index (χ1) is 11.1. The van der Waals surface area contributed by atoms with Gasteiger partial charge in [-0.25, -0.2) is 0 Å². The molecule has 1 saturated carbocycles. The molecular weight excluding hydrogens is 288 g/mol. The zero-order chi connectivity index (χ0) is 16.4. The second kappa shape index (κ2) is 6.45. The SMILES string of the molecule is CCCC(=O)C1C(=O)CC(c2ccc3ccccc3c2)CC1=O. The Kier molecular flexibility index (Phi) is 4.37. The van der Waals surface area contributed by atoms with E-state index in [1.807, 2.05) is 43.3 Å². The lowest BCUT2D eigenvalue weighted by molar-refractivity contribution is -0.142. The molecule has 2 aromatic carbocycles. The van der Waals surface area contributed by atoms with E-state index in [1.165, 1.54) is 0 Å². The van der Waals surface area contributed by atoms with E-state index in [4.69, 9.17) is 0 Å². The molecular formula is C20H20O3. The molecule has 3 nitrogen and oxygen atoms in total. The quantitative estimate of drug-likeness (QED) is 0.806. The van der Waals surface area contributed by atoms with Gasteiger partial charge in [0.05, 0.1) is 0 Å². The van der Waals surface area contributed by atoms with Gasteiger partial charge in [0.25, 0.3) is 0 Å². The van der Waals surface area contributed by atoms with Crippen LogP contribution in [0.15, 0.2) is 42.5 Å². The van der Waals surface area contributed by atoms with Crippen molar-refractivity contribution in [1.29, 1.82) is 0 Å². The fourth-order valence-electron chi connectivity index (χ4n) is 3.42. The molecule has 1 fully saturated rings. The van der Waals surface area contributed by atoms with Crippen molar-refractivity contribution in [2.24, 2.45) is 5.92 Å². The summed E-state index contributed by atoms with van der Waals surface area (Å²) in [6.45, 7) is 1.88. The summed E-state index contributed by atoms with van der Waals surface area (Å²) >= 11 is 0. The van der Waals surface area contributed by atoms with Crippen molar-refractivity contribution in [2.75, 3.05) is 0 Å². The molecule has 3 heteroatoms. The summed E-state index contributed by atoms with van der Waals surface area (Å²) in [5, 5.41) is 2.25. The smallest absolute Gasteiger partial charge is 0.151 e. The van der Waals surface area contributed by atoms with Gasteiger partial charge in [-0.05, 0) is 28.7 Å². The van der Waals surface area contributed by atoms with Crippen molar-refractivity contribution in [1.82, 2.24) is 0 Å². The van der Waals surface area contributed by atoms with Gasteiger partial charge in [0, 0.05) is 19.3 Å². The number of hydrogen-bond donors (Lipinski definition) is 0. The molecule has 3 rings (SSSR count). The Hall–Kier alpha value is -2.29. The van der Waals surface area contributed by atoms with Gasteiger partial charge in [-0.1, -0.05) is 49.4 Å². The Bertz CT molecular complexity index is 757. The maximum Gasteiger partial charge on any atom is 0.151 e. The largest absolute Gasteiger partial charge is 0.298 e. The molecule has 0 atom stereocenters. The fourth-order valence-corrected chi connectivity index (χ4v) is 3.42. The Morgan fingerprint density at radius 2 is 1.65 bits per heavy atom. The van der Waals surface area contributed by atoms with Crippen LogP contribution in [0.25, 0.3) is 10.8 Å². The van der Waals surface area contributed by atoms with Crippen LogP contribution in [0.3, 0.4) is 0 Å². The molecule has 0 bridgehead atoms.